The third-order valence-electron chi connectivity index (χ3n) is 4.74. The molecule has 9 heteroatoms. The van der Waals surface area contributed by atoms with E-state index in [1.807, 2.05) is 36.1 Å². The molecular weight excluding hydrogens is 383 g/mol. The first-order chi connectivity index (χ1) is 13.9. The fraction of sp³-hybridized carbons (Fsp3) is 0.350. The number of rotatable bonds is 4. The van der Waals surface area contributed by atoms with Crippen molar-refractivity contribution in [2.45, 2.75) is 26.4 Å². The molecule has 0 radical (unpaired) electrons. The van der Waals surface area contributed by atoms with E-state index in [0.717, 1.165) is 23.3 Å². The average Bonchev–Trinajstić information content (AvgIpc) is 3.13. The van der Waals surface area contributed by atoms with Crippen molar-refractivity contribution in [3.63, 3.8) is 0 Å². The van der Waals surface area contributed by atoms with E-state index in [-0.39, 0.29) is 5.78 Å². The van der Waals surface area contributed by atoms with Gasteiger partial charge in [-0.15, -0.1) is 5.10 Å². The summed E-state index contributed by atoms with van der Waals surface area (Å²) >= 11 is 0. The van der Waals surface area contributed by atoms with Gasteiger partial charge in [-0.05, 0) is 31.9 Å². The fourth-order valence-corrected chi connectivity index (χ4v) is 3.45. The minimum atomic E-state index is -4.61. The van der Waals surface area contributed by atoms with Crippen molar-refractivity contribution in [2.75, 3.05) is 24.6 Å². The molecule has 0 unspecified atom stereocenters. The van der Waals surface area contributed by atoms with Crippen LogP contribution in [0.2, 0.25) is 0 Å². The Morgan fingerprint density at radius 2 is 1.97 bits per heavy atom. The van der Waals surface area contributed by atoms with Gasteiger partial charge in [0.1, 0.15) is 11.6 Å². The number of halogens is 3. The molecule has 1 aliphatic rings. The topological polar surface area (TPSA) is 55.5 Å². The number of hydrogen-bond donors (Lipinski definition) is 0. The molecule has 0 fully saturated rings. The molecule has 0 amide bonds. The predicted molar refractivity (Wildman–Crippen MR) is 103 cm³/mol. The normalized spacial score (nSPS) is 14.9. The van der Waals surface area contributed by atoms with Crippen LogP contribution in [0.4, 0.5) is 19.0 Å². The minimum absolute atomic E-state index is 0.0520. The molecule has 3 aromatic rings. The Labute approximate surface area is 165 Å². The zero-order valence-corrected chi connectivity index (χ0v) is 16.1. The van der Waals surface area contributed by atoms with Gasteiger partial charge in [0.15, 0.2) is 0 Å². The smallest absolute Gasteiger partial charge is 0.453 e. The highest BCUT2D eigenvalue weighted by Gasteiger charge is 2.37. The maximum absolute atomic E-state index is 13.0. The molecule has 0 spiro atoms. The minimum Gasteiger partial charge on any atom is -0.493 e. The van der Waals surface area contributed by atoms with Crippen molar-refractivity contribution < 1.29 is 17.9 Å². The highest BCUT2D eigenvalue weighted by molar-refractivity contribution is 5.72. The average molecular weight is 403 g/mol. The van der Waals surface area contributed by atoms with Crippen LogP contribution in [-0.2, 0) is 6.18 Å². The maximum atomic E-state index is 13.0. The van der Waals surface area contributed by atoms with Crippen molar-refractivity contribution in [3.05, 3.63) is 53.5 Å². The number of benzene rings is 1. The van der Waals surface area contributed by atoms with Crippen molar-refractivity contribution in [2.24, 2.45) is 0 Å². The zero-order valence-electron chi connectivity index (χ0n) is 16.1. The van der Waals surface area contributed by atoms with Gasteiger partial charge in [0.05, 0.1) is 6.61 Å². The van der Waals surface area contributed by atoms with E-state index in [1.54, 1.807) is 13.0 Å². The first-order valence-electron chi connectivity index (χ1n) is 9.34. The van der Waals surface area contributed by atoms with E-state index in [2.05, 4.69) is 21.1 Å². The molecule has 0 saturated carbocycles. The number of fused-ring (bicyclic) bond motifs is 1. The Kier molecular flexibility index (Phi) is 4.89. The van der Waals surface area contributed by atoms with Gasteiger partial charge in [-0.25, -0.2) is 4.98 Å². The van der Waals surface area contributed by atoms with Crippen LogP contribution in [0.15, 0.2) is 36.4 Å². The number of para-hydroxylation sites is 1. The van der Waals surface area contributed by atoms with E-state index in [4.69, 9.17) is 4.74 Å². The number of aryl methyl sites for hydroxylation is 1. The standard InChI is InChI=1S/C20H20F3N5O/c1-3-29-16-7-5-4-6-15(16)14-8-10-27(11-9-14)17-12-13(2)24-19-25-18(20(21,22)23)26-28(17)19/h4-8,12H,3,9-11H2,1-2H3. The largest absolute Gasteiger partial charge is 0.493 e. The lowest BCUT2D eigenvalue weighted by Crippen LogP contribution is -2.30. The summed E-state index contributed by atoms with van der Waals surface area (Å²) in [6, 6.07) is 9.59. The quantitative estimate of drug-likeness (QED) is 0.655. The number of aromatic nitrogens is 4. The molecule has 1 aromatic carbocycles. The first-order valence-corrected chi connectivity index (χ1v) is 9.34. The van der Waals surface area contributed by atoms with Crippen LogP contribution in [0.5, 0.6) is 5.75 Å². The number of ether oxygens (including phenoxy) is 1. The molecule has 0 atom stereocenters. The molecule has 0 bridgehead atoms. The monoisotopic (exact) mass is 403 g/mol. The van der Waals surface area contributed by atoms with Crippen LogP contribution >= 0.6 is 0 Å². The van der Waals surface area contributed by atoms with E-state index in [9.17, 15) is 13.2 Å². The van der Waals surface area contributed by atoms with Gasteiger partial charge in [-0.2, -0.15) is 22.7 Å². The van der Waals surface area contributed by atoms with E-state index in [0.29, 0.717) is 31.2 Å². The molecule has 1 aliphatic heterocycles. The number of hydrogen-bond acceptors (Lipinski definition) is 5. The van der Waals surface area contributed by atoms with Crippen molar-refractivity contribution >= 4 is 17.2 Å². The van der Waals surface area contributed by atoms with Gasteiger partial charge in [0, 0.05) is 30.4 Å². The molecule has 4 rings (SSSR count). The summed E-state index contributed by atoms with van der Waals surface area (Å²) in [4.78, 5) is 9.62. The summed E-state index contributed by atoms with van der Waals surface area (Å²) < 4.78 is 46.0. The number of alkyl halides is 3. The van der Waals surface area contributed by atoms with Gasteiger partial charge in [0.25, 0.3) is 11.6 Å². The number of nitrogens with zero attached hydrogens (tertiary/aromatic N) is 5. The van der Waals surface area contributed by atoms with E-state index in [1.165, 1.54) is 4.52 Å². The van der Waals surface area contributed by atoms with Gasteiger partial charge < -0.3 is 9.64 Å². The van der Waals surface area contributed by atoms with Crippen LogP contribution < -0.4 is 9.64 Å². The Bertz CT molecular complexity index is 1070. The summed E-state index contributed by atoms with van der Waals surface area (Å²) in [5, 5.41) is 3.65. The van der Waals surface area contributed by atoms with Crippen LogP contribution in [0.25, 0.3) is 11.4 Å². The summed E-state index contributed by atoms with van der Waals surface area (Å²) in [5.74, 6) is 0.145. The lowest BCUT2D eigenvalue weighted by molar-refractivity contribution is -0.144. The van der Waals surface area contributed by atoms with Crippen LogP contribution in [0.3, 0.4) is 0 Å². The second kappa shape index (κ2) is 7.38. The summed E-state index contributed by atoms with van der Waals surface area (Å²) in [6.45, 7) is 5.42. The Morgan fingerprint density at radius 1 is 1.17 bits per heavy atom. The third-order valence-corrected chi connectivity index (χ3v) is 4.74. The number of anilines is 1. The van der Waals surface area contributed by atoms with Gasteiger partial charge in [0.2, 0.25) is 0 Å². The predicted octanol–water partition coefficient (Wildman–Crippen LogP) is 4.14. The van der Waals surface area contributed by atoms with Crippen LogP contribution in [0.1, 0.15) is 30.4 Å². The summed E-state index contributed by atoms with van der Waals surface area (Å²) in [7, 11) is 0. The molecule has 152 valence electrons. The molecule has 0 aliphatic carbocycles. The second-order valence-electron chi connectivity index (χ2n) is 6.76. The highest BCUT2D eigenvalue weighted by atomic mass is 19.4. The molecule has 6 nitrogen and oxygen atoms in total. The lowest BCUT2D eigenvalue weighted by atomic mass is 9.98. The Hall–Kier alpha value is -3.10. The molecular formula is C20H20F3N5O. The van der Waals surface area contributed by atoms with Crippen molar-refractivity contribution in [3.8, 4) is 5.75 Å². The van der Waals surface area contributed by atoms with Crippen molar-refractivity contribution in [1.29, 1.82) is 0 Å². The maximum Gasteiger partial charge on any atom is 0.453 e. The van der Waals surface area contributed by atoms with Crippen LogP contribution in [-0.4, -0.2) is 39.3 Å². The van der Waals surface area contributed by atoms with Gasteiger partial charge in [-0.3, -0.25) is 0 Å². The van der Waals surface area contributed by atoms with Gasteiger partial charge >= 0.3 is 6.18 Å². The van der Waals surface area contributed by atoms with Crippen LogP contribution in [0, 0.1) is 6.92 Å². The van der Waals surface area contributed by atoms with E-state index < -0.39 is 12.0 Å². The molecule has 3 heterocycles. The highest BCUT2D eigenvalue weighted by Crippen LogP contribution is 2.32. The molecule has 29 heavy (non-hydrogen) atoms. The summed E-state index contributed by atoms with van der Waals surface area (Å²) in [5.41, 5.74) is 2.79. The Morgan fingerprint density at radius 3 is 2.66 bits per heavy atom. The zero-order chi connectivity index (χ0) is 20.6. The van der Waals surface area contributed by atoms with E-state index >= 15 is 0 Å². The second-order valence-corrected chi connectivity index (χ2v) is 6.76. The molecule has 2 aromatic heterocycles. The lowest BCUT2D eigenvalue weighted by Gasteiger charge is -2.29. The van der Waals surface area contributed by atoms with Gasteiger partial charge in [-0.1, -0.05) is 24.3 Å². The Balaban J connectivity index is 1.66. The molecule has 0 saturated heterocycles. The molecule has 0 N–H and O–H groups in total. The third kappa shape index (κ3) is 3.76. The first kappa shape index (κ1) is 19.2. The fourth-order valence-electron chi connectivity index (χ4n) is 3.45. The SMILES string of the molecule is CCOc1ccccc1C1=CCN(c2cc(C)nc3nc(C(F)(F)F)nn23)CC1. The summed E-state index contributed by atoms with van der Waals surface area (Å²) in [6.07, 6.45) is -1.81. The van der Waals surface area contributed by atoms with Crippen molar-refractivity contribution in [1.82, 2.24) is 19.6 Å².